The lowest BCUT2D eigenvalue weighted by Crippen LogP contribution is -2.26. The summed E-state index contributed by atoms with van der Waals surface area (Å²) < 4.78 is 13.5. The molecule has 0 saturated heterocycles. The third-order valence-corrected chi connectivity index (χ3v) is 3.71. The fourth-order valence-electron chi connectivity index (χ4n) is 2.56. The summed E-state index contributed by atoms with van der Waals surface area (Å²) >= 11 is 0. The minimum absolute atomic E-state index is 0.110. The summed E-state index contributed by atoms with van der Waals surface area (Å²) in [5, 5.41) is 6.10. The van der Waals surface area contributed by atoms with Gasteiger partial charge in [0.1, 0.15) is 5.82 Å². The summed E-state index contributed by atoms with van der Waals surface area (Å²) in [4.78, 5) is 12.1. The topological polar surface area (TPSA) is 41.1 Å². The van der Waals surface area contributed by atoms with Crippen molar-refractivity contribution in [3.05, 3.63) is 65.0 Å². The van der Waals surface area contributed by atoms with Crippen LogP contribution in [0, 0.1) is 5.82 Å². The van der Waals surface area contributed by atoms with E-state index in [4.69, 9.17) is 0 Å². The van der Waals surface area contributed by atoms with Gasteiger partial charge < -0.3 is 10.6 Å². The van der Waals surface area contributed by atoms with Gasteiger partial charge in [0.25, 0.3) is 5.91 Å². The highest BCUT2D eigenvalue weighted by atomic mass is 19.1. The second kappa shape index (κ2) is 5.95. The first-order valence-electron chi connectivity index (χ1n) is 7.12. The molecule has 0 aliphatic carbocycles. The lowest BCUT2D eigenvalue weighted by atomic mass is 10.1. The van der Waals surface area contributed by atoms with Crippen LogP contribution in [0.3, 0.4) is 0 Å². The summed E-state index contributed by atoms with van der Waals surface area (Å²) in [6, 6.07) is 12.3. The highest BCUT2D eigenvalue weighted by molar-refractivity contribution is 5.95. The normalized spacial score (nSPS) is 12.6. The molecule has 0 saturated carbocycles. The van der Waals surface area contributed by atoms with Crippen LogP contribution in [0.25, 0.3) is 0 Å². The van der Waals surface area contributed by atoms with Gasteiger partial charge >= 0.3 is 0 Å². The Labute approximate surface area is 123 Å². The van der Waals surface area contributed by atoms with Crippen LogP contribution in [0.4, 0.5) is 10.1 Å². The van der Waals surface area contributed by atoms with E-state index < -0.39 is 0 Å². The fraction of sp³-hybridized carbons (Fsp3) is 0.235. The number of hydrogen-bond donors (Lipinski definition) is 2. The molecule has 2 N–H and O–H groups in total. The van der Waals surface area contributed by atoms with Crippen molar-refractivity contribution in [2.75, 3.05) is 18.4 Å². The third-order valence-electron chi connectivity index (χ3n) is 3.71. The van der Waals surface area contributed by atoms with Crippen LogP contribution in [0.1, 0.15) is 21.5 Å². The molecule has 2 aromatic carbocycles. The van der Waals surface area contributed by atoms with E-state index in [-0.39, 0.29) is 11.7 Å². The molecular weight excluding hydrogens is 267 g/mol. The maximum atomic E-state index is 13.5. The monoisotopic (exact) mass is 284 g/mol. The van der Waals surface area contributed by atoms with Gasteiger partial charge in [0, 0.05) is 24.3 Å². The maximum absolute atomic E-state index is 13.5. The summed E-state index contributed by atoms with van der Waals surface area (Å²) in [7, 11) is 0. The molecule has 1 heterocycles. The predicted molar refractivity (Wildman–Crippen MR) is 81.1 cm³/mol. The quantitative estimate of drug-likeness (QED) is 0.906. The zero-order chi connectivity index (χ0) is 14.7. The van der Waals surface area contributed by atoms with Crippen molar-refractivity contribution in [3.63, 3.8) is 0 Å². The van der Waals surface area contributed by atoms with Crippen molar-refractivity contribution in [3.8, 4) is 0 Å². The van der Waals surface area contributed by atoms with Crippen molar-refractivity contribution >= 4 is 11.6 Å². The number of carbonyl (C=O) groups is 1. The van der Waals surface area contributed by atoms with Crippen LogP contribution in [-0.4, -0.2) is 19.0 Å². The number of nitrogens with one attached hydrogen (secondary N) is 2. The van der Waals surface area contributed by atoms with Gasteiger partial charge in [-0.2, -0.15) is 0 Å². The van der Waals surface area contributed by atoms with Gasteiger partial charge in [0.2, 0.25) is 0 Å². The Morgan fingerprint density at radius 1 is 1.24 bits per heavy atom. The molecule has 1 aliphatic heterocycles. The Hall–Kier alpha value is -2.36. The van der Waals surface area contributed by atoms with Crippen LogP contribution in [-0.2, 0) is 12.8 Å². The molecule has 4 heteroatoms. The van der Waals surface area contributed by atoms with E-state index in [0.717, 1.165) is 18.7 Å². The average molecular weight is 284 g/mol. The first-order chi connectivity index (χ1) is 10.2. The summed E-state index contributed by atoms with van der Waals surface area (Å²) in [6.07, 6.45) is 1.44. The lowest BCUT2D eigenvalue weighted by molar-refractivity contribution is 0.0954. The zero-order valence-corrected chi connectivity index (χ0v) is 11.7. The number of carbonyl (C=O) groups excluding carboxylic acids is 1. The predicted octanol–water partition coefficient (Wildman–Crippen LogP) is 2.77. The fourth-order valence-corrected chi connectivity index (χ4v) is 2.56. The minimum Gasteiger partial charge on any atom is -0.384 e. The van der Waals surface area contributed by atoms with Crippen molar-refractivity contribution in [1.29, 1.82) is 0 Å². The summed E-state index contributed by atoms with van der Waals surface area (Å²) in [5.41, 5.74) is 3.57. The lowest BCUT2D eigenvalue weighted by Gasteiger charge is -2.07. The minimum atomic E-state index is -0.227. The van der Waals surface area contributed by atoms with Gasteiger partial charge in [-0.15, -0.1) is 0 Å². The van der Waals surface area contributed by atoms with E-state index in [1.54, 1.807) is 18.2 Å². The molecule has 1 amide bonds. The Morgan fingerprint density at radius 2 is 2.10 bits per heavy atom. The second-order valence-corrected chi connectivity index (χ2v) is 5.15. The van der Waals surface area contributed by atoms with Crippen LogP contribution >= 0.6 is 0 Å². The first kappa shape index (κ1) is 13.6. The van der Waals surface area contributed by atoms with E-state index in [2.05, 4.69) is 10.6 Å². The van der Waals surface area contributed by atoms with Crippen LogP contribution < -0.4 is 10.6 Å². The molecule has 0 radical (unpaired) electrons. The molecule has 21 heavy (non-hydrogen) atoms. The Morgan fingerprint density at radius 3 is 2.95 bits per heavy atom. The largest absolute Gasteiger partial charge is 0.384 e. The Balaban J connectivity index is 1.58. The van der Waals surface area contributed by atoms with E-state index in [9.17, 15) is 9.18 Å². The molecule has 108 valence electrons. The Bertz CT molecular complexity index is 670. The molecule has 0 spiro atoms. The highest BCUT2D eigenvalue weighted by Gasteiger charge is 2.13. The third kappa shape index (κ3) is 3.05. The Kier molecular flexibility index (Phi) is 3.86. The number of hydrogen-bond acceptors (Lipinski definition) is 2. The highest BCUT2D eigenvalue weighted by Crippen LogP contribution is 2.22. The number of rotatable bonds is 4. The van der Waals surface area contributed by atoms with E-state index in [1.807, 2.05) is 18.2 Å². The molecule has 3 rings (SSSR count). The first-order valence-corrected chi connectivity index (χ1v) is 7.12. The van der Waals surface area contributed by atoms with E-state index in [0.29, 0.717) is 24.1 Å². The van der Waals surface area contributed by atoms with Crippen molar-refractivity contribution in [1.82, 2.24) is 5.32 Å². The molecule has 0 unspecified atom stereocenters. The molecule has 0 atom stereocenters. The van der Waals surface area contributed by atoms with Crippen LogP contribution in [0.2, 0.25) is 0 Å². The van der Waals surface area contributed by atoms with Gasteiger partial charge in [-0.05, 0) is 48.2 Å². The molecule has 0 bridgehead atoms. The maximum Gasteiger partial charge on any atom is 0.251 e. The molecule has 0 fully saturated rings. The molecule has 0 aromatic heterocycles. The average Bonchev–Trinajstić information content (AvgIpc) is 2.96. The number of anilines is 1. The van der Waals surface area contributed by atoms with E-state index >= 15 is 0 Å². The number of halogens is 1. The molecular formula is C17H17FN2O. The number of benzene rings is 2. The second-order valence-electron chi connectivity index (χ2n) is 5.15. The van der Waals surface area contributed by atoms with Gasteiger partial charge in [-0.3, -0.25) is 4.79 Å². The SMILES string of the molecule is O=C(NCCc1ccccc1F)c1ccc2c(c1)CCN2. The standard InChI is InChI=1S/C17H17FN2O/c18-15-4-2-1-3-12(15)7-10-20-17(21)14-5-6-16-13(11-14)8-9-19-16/h1-6,11,19H,7-10H2,(H,20,21). The number of fused-ring (bicyclic) bond motifs is 1. The molecule has 3 nitrogen and oxygen atoms in total. The van der Waals surface area contributed by atoms with Gasteiger partial charge in [0.05, 0.1) is 0 Å². The number of amides is 1. The van der Waals surface area contributed by atoms with Crippen molar-refractivity contribution in [2.24, 2.45) is 0 Å². The van der Waals surface area contributed by atoms with Gasteiger partial charge in [-0.1, -0.05) is 18.2 Å². The van der Waals surface area contributed by atoms with Crippen molar-refractivity contribution < 1.29 is 9.18 Å². The van der Waals surface area contributed by atoms with E-state index in [1.165, 1.54) is 11.6 Å². The smallest absolute Gasteiger partial charge is 0.251 e. The molecule has 1 aliphatic rings. The van der Waals surface area contributed by atoms with Crippen LogP contribution in [0.5, 0.6) is 0 Å². The van der Waals surface area contributed by atoms with Gasteiger partial charge in [0.15, 0.2) is 0 Å². The van der Waals surface area contributed by atoms with Crippen molar-refractivity contribution in [2.45, 2.75) is 12.8 Å². The zero-order valence-electron chi connectivity index (χ0n) is 11.7. The summed E-state index contributed by atoms with van der Waals surface area (Å²) in [6.45, 7) is 1.35. The molecule has 2 aromatic rings. The van der Waals surface area contributed by atoms with Crippen LogP contribution in [0.15, 0.2) is 42.5 Å². The van der Waals surface area contributed by atoms with Gasteiger partial charge in [-0.25, -0.2) is 4.39 Å². The summed E-state index contributed by atoms with van der Waals surface area (Å²) in [5.74, 6) is -0.337.